The highest BCUT2D eigenvalue weighted by atomic mass is 32.2. The van der Waals surface area contributed by atoms with Gasteiger partial charge < -0.3 is 4.74 Å². The van der Waals surface area contributed by atoms with Crippen molar-refractivity contribution in [1.29, 1.82) is 0 Å². The van der Waals surface area contributed by atoms with E-state index in [9.17, 15) is 17.6 Å². The maximum atomic E-state index is 14.2. The molecule has 5 rings (SSSR count). The van der Waals surface area contributed by atoms with Crippen molar-refractivity contribution in [2.75, 3.05) is 6.61 Å². The minimum Gasteiger partial charge on any atom is -0.487 e. The zero-order valence-electron chi connectivity index (χ0n) is 13.8. The van der Waals surface area contributed by atoms with Gasteiger partial charge in [-0.1, -0.05) is 5.04 Å². The topological polar surface area (TPSA) is 47.9 Å². The number of ether oxygens (including phenoxy) is 1. The lowest BCUT2D eigenvalue weighted by atomic mass is 9.50. The molecule has 1 N–H and O–H groups in total. The number of hydrogen-bond donors (Lipinski definition) is 1. The molecule has 0 saturated heterocycles. The van der Waals surface area contributed by atoms with Crippen molar-refractivity contribution < 1.29 is 36.9 Å². The van der Waals surface area contributed by atoms with E-state index in [0.717, 1.165) is 19.3 Å². The van der Waals surface area contributed by atoms with Gasteiger partial charge >= 0.3 is 0 Å². The third-order valence-corrected chi connectivity index (χ3v) is 6.67. The van der Waals surface area contributed by atoms with E-state index in [1.165, 1.54) is 19.3 Å². The van der Waals surface area contributed by atoms with Crippen LogP contribution in [0.15, 0.2) is 4.90 Å². The van der Waals surface area contributed by atoms with Crippen LogP contribution in [0.5, 0.6) is 5.75 Å². The van der Waals surface area contributed by atoms with Crippen molar-refractivity contribution >= 4 is 12.0 Å². The van der Waals surface area contributed by atoms with Crippen LogP contribution in [0.2, 0.25) is 0 Å². The Bertz CT molecular complexity index is 650. The molecular formula is C17H18F4O4S. The second kappa shape index (κ2) is 6.85. The first-order valence-corrected chi connectivity index (χ1v) is 9.30. The Morgan fingerprint density at radius 3 is 1.85 bits per heavy atom. The van der Waals surface area contributed by atoms with Crippen LogP contribution in [0, 0.1) is 46.4 Å². The molecule has 1 aromatic rings. The molecule has 4 aliphatic rings. The van der Waals surface area contributed by atoms with Crippen LogP contribution < -0.4 is 4.74 Å². The van der Waals surface area contributed by atoms with Crippen LogP contribution >= 0.6 is 12.0 Å². The first kappa shape index (κ1) is 18.3. The fourth-order valence-corrected chi connectivity index (χ4v) is 5.96. The second-order valence-electron chi connectivity index (χ2n) is 7.85. The molecule has 0 aromatic heterocycles. The van der Waals surface area contributed by atoms with Crippen molar-refractivity contribution in [1.82, 2.24) is 0 Å². The molecule has 9 heteroatoms. The summed E-state index contributed by atoms with van der Waals surface area (Å²) in [7, 11) is 0. The second-order valence-corrected chi connectivity index (χ2v) is 8.56. The van der Waals surface area contributed by atoms with Crippen molar-refractivity contribution in [3.8, 4) is 5.75 Å². The van der Waals surface area contributed by atoms with Gasteiger partial charge in [-0.3, -0.25) is 0 Å². The van der Waals surface area contributed by atoms with Crippen molar-refractivity contribution in [3.05, 3.63) is 23.3 Å². The number of rotatable bonds is 6. The highest BCUT2D eigenvalue weighted by molar-refractivity contribution is 7.94. The van der Waals surface area contributed by atoms with Gasteiger partial charge in [-0.05, 0) is 56.3 Å². The van der Waals surface area contributed by atoms with E-state index in [-0.39, 0.29) is 24.1 Å². The van der Waals surface area contributed by atoms with E-state index in [1.807, 2.05) is 0 Å². The summed E-state index contributed by atoms with van der Waals surface area (Å²) in [6.45, 7) is 0.0476. The molecule has 4 fully saturated rings. The summed E-state index contributed by atoms with van der Waals surface area (Å²) in [6, 6.07) is 0. The summed E-state index contributed by atoms with van der Waals surface area (Å²) >= 11 is -0.182. The summed E-state index contributed by atoms with van der Waals surface area (Å²) in [5.41, 5.74) is -0.165. The van der Waals surface area contributed by atoms with E-state index in [2.05, 4.69) is 9.37 Å². The van der Waals surface area contributed by atoms with E-state index in [0.29, 0.717) is 17.8 Å². The van der Waals surface area contributed by atoms with Gasteiger partial charge in [0.15, 0.2) is 17.4 Å². The minimum atomic E-state index is -1.66. The average molecular weight is 394 g/mol. The lowest BCUT2D eigenvalue weighted by Crippen LogP contribution is -2.48. The fourth-order valence-electron chi connectivity index (χ4n) is 5.53. The molecule has 0 amide bonds. The van der Waals surface area contributed by atoms with E-state index < -0.39 is 33.9 Å². The molecule has 26 heavy (non-hydrogen) atoms. The van der Waals surface area contributed by atoms with Crippen LogP contribution in [-0.2, 0) is 9.37 Å². The fraction of sp³-hybridized carbons (Fsp3) is 0.647. The predicted molar refractivity (Wildman–Crippen MR) is 83.0 cm³/mol. The molecule has 4 aliphatic carbocycles. The summed E-state index contributed by atoms with van der Waals surface area (Å²) in [5.74, 6) is -5.79. The molecule has 0 spiro atoms. The van der Waals surface area contributed by atoms with Gasteiger partial charge in [0.1, 0.15) is 4.90 Å². The Labute approximate surface area is 151 Å². The van der Waals surface area contributed by atoms with Crippen LogP contribution in [0.3, 0.4) is 0 Å². The lowest BCUT2D eigenvalue weighted by Gasteiger charge is -2.56. The zero-order chi connectivity index (χ0) is 18.5. The molecule has 0 unspecified atom stereocenters. The van der Waals surface area contributed by atoms with Crippen LogP contribution in [0.1, 0.15) is 38.5 Å². The van der Waals surface area contributed by atoms with Gasteiger partial charge in [0.2, 0.25) is 11.6 Å². The summed E-state index contributed by atoms with van der Waals surface area (Å²) in [6.07, 6.45) is 6.40. The summed E-state index contributed by atoms with van der Waals surface area (Å²) in [4.78, 5) is -1.10. The zero-order valence-corrected chi connectivity index (χ0v) is 14.6. The Morgan fingerprint density at radius 2 is 1.38 bits per heavy atom. The average Bonchev–Trinajstić information content (AvgIpc) is 2.59. The maximum absolute atomic E-state index is 14.2. The quantitative estimate of drug-likeness (QED) is 0.234. The first-order valence-electron chi connectivity index (χ1n) is 8.56. The minimum absolute atomic E-state index is 0.0476. The highest BCUT2D eigenvalue weighted by Gasteiger charge is 2.51. The van der Waals surface area contributed by atoms with Crippen LogP contribution in [0.4, 0.5) is 17.6 Å². The molecule has 0 radical (unpaired) electrons. The van der Waals surface area contributed by atoms with Gasteiger partial charge in [0.25, 0.3) is 0 Å². The predicted octanol–water partition coefficient (Wildman–Crippen LogP) is 5.27. The molecule has 144 valence electrons. The first-order chi connectivity index (χ1) is 12.4. The molecule has 0 aliphatic heterocycles. The third kappa shape index (κ3) is 3.08. The van der Waals surface area contributed by atoms with E-state index >= 15 is 0 Å². The Balaban J connectivity index is 1.55. The van der Waals surface area contributed by atoms with Crippen LogP contribution in [-0.4, -0.2) is 11.9 Å². The van der Waals surface area contributed by atoms with Crippen molar-refractivity contribution in [3.63, 3.8) is 0 Å². The maximum Gasteiger partial charge on any atom is 0.205 e. The van der Waals surface area contributed by atoms with Crippen LogP contribution in [0.25, 0.3) is 0 Å². The van der Waals surface area contributed by atoms with Gasteiger partial charge in [-0.25, -0.2) is 14.0 Å². The Kier molecular flexibility index (Phi) is 4.83. The van der Waals surface area contributed by atoms with Gasteiger partial charge in [0, 0.05) is 5.41 Å². The van der Waals surface area contributed by atoms with Crippen molar-refractivity contribution in [2.24, 2.45) is 23.2 Å². The van der Waals surface area contributed by atoms with E-state index in [4.69, 9.17) is 9.99 Å². The Hall–Kier alpha value is -1.03. The number of benzene rings is 1. The summed E-state index contributed by atoms with van der Waals surface area (Å²) < 4.78 is 65.6. The van der Waals surface area contributed by atoms with E-state index in [1.54, 1.807) is 0 Å². The van der Waals surface area contributed by atoms with Gasteiger partial charge in [-0.2, -0.15) is 8.78 Å². The number of hydrogen-bond acceptors (Lipinski definition) is 5. The molecule has 0 atom stereocenters. The lowest BCUT2D eigenvalue weighted by molar-refractivity contribution is -0.432. The normalized spacial score (nSPS) is 32.3. The van der Waals surface area contributed by atoms with Gasteiger partial charge in [0.05, 0.1) is 18.6 Å². The SMILES string of the molecule is OOOSc1c(F)c(F)c(OCC23CC4CC(CC(C4)C2)C3)c(F)c1F. The Morgan fingerprint density at radius 1 is 0.885 bits per heavy atom. The molecule has 4 saturated carbocycles. The summed E-state index contributed by atoms with van der Waals surface area (Å²) in [5, 5.41) is 11.2. The largest absolute Gasteiger partial charge is 0.487 e. The molecule has 4 nitrogen and oxygen atoms in total. The van der Waals surface area contributed by atoms with Gasteiger partial charge in [-0.15, -0.1) is 4.33 Å². The third-order valence-electron chi connectivity index (χ3n) is 6.02. The smallest absolute Gasteiger partial charge is 0.205 e. The standard InChI is InChI=1S/C17H18F4O4S/c18-11-13(20)16(26-25-24-22)14(21)12(19)15(11)23-7-17-4-8-1-9(5-17)3-10(2-8)6-17/h8-10,22H,1-7H2. The molecule has 4 bridgehead atoms. The molecular weight excluding hydrogens is 376 g/mol. The highest BCUT2D eigenvalue weighted by Crippen LogP contribution is 2.60. The molecule has 0 heterocycles. The van der Waals surface area contributed by atoms with Crippen molar-refractivity contribution in [2.45, 2.75) is 43.4 Å². The number of halogens is 4. The monoisotopic (exact) mass is 394 g/mol. The molecule has 1 aromatic carbocycles.